The minimum atomic E-state index is -0.443. The molecule has 1 N–H and O–H groups in total. The summed E-state index contributed by atoms with van der Waals surface area (Å²) in [5, 5.41) is 2.88. The third-order valence-electron chi connectivity index (χ3n) is 3.81. The molecule has 6 nitrogen and oxygen atoms in total. The predicted molar refractivity (Wildman–Crippen MR) is 89.6 cm³/mol. The number of nitrogens with zero attached hydrogens (tertiary/aromatic N) is 1. The number of ether oxygens (including phenoxy) is 2. The van der Waals surface area contributed by atoms with Gasteiger partial charge in [0.1, 0.15) is 17.9 Å². The van der Waals surface area contributed by atoms with Gasteiger partial charge < -0.3 is 19.7 Å². The van der Waals surface area contributed by atoms with E-state index in [0.717, 1.165) is 23.9 Å². The summed E-state index contributed by atoms with van der Waals surface area (Å²) in [5.41, 5.74) is 0.377. The van der Waals surface area contributed by atoms with E-state index in [1.807, 2.05) is 4.90 Å². The maximum atomic E-state index is 12.1. The van der Waals surface area contributed by atoms with Crippen molar-refractivity contribution in [1.29, 1.82) is 0 Å². The maximum absolute atomic E-state index is 12.1. The van der Waals surface area contributed by atoms with Gasteiger partial charge in [0.2, 0.25) is 5.91 Å². The summed E-state index contributed by atoms with van der Waals surface area (Å²) in [6.45, 7) is 1.42. The monoisotopic (exact) mass is 384 g/mol. The molecule has 1 saturated heterocycles. The summed E-state index contributed by atoms with van der Waals surface area (Å²) < 4.78 is 11.4. The molecule has 1 aliphatic rings. The molecule has 1 heterocycles. The first-order chi connectivity index (χ1) is 11.1. The Labute approximate surface area is 144 Å². The third kappa shape index (κ3) is 4.45. The van der Waals surface area contributed by atoms with Gasteiger partial charge in [-0.05, 0) is 38.1 Å². The van der Waals surface area contributed by atoms with Crippen LogP contribution in [0.15, 0.2) is 22.7 Å². The van der Waals surface area contributed by atoms with E-state index in [-0.39, 0.29) is 11.9 Å². The van der Waals surface area contributed by atoms with Gasteiger partial charge in [0.15, 0.2) is 0 Å². The van der Waals surface area contributed by atoms with Crippen molar-refractivity contribution in [3.05, 3.63) is 28.2 Å². The number of nitrogens with one attached hydrogen (secondary N) is 1. The van der Waals surface area contributed by atoms with E-state index in [0.29, 0.717) is 24.5 Å². The second-order valence-corrected chi connectivity index (χ2v) is 6.27. The highest BCUT2D eigenvalue weighted by Crippen LogP contribution is 2.26. The molecular weight excluding hydrogens is 364 g/mol. The molecule has 126 valence electrons. The predicted octanol–water partition coefficient (Wildman–Crippen LogP) is 1.82. The van der Waals surface area contributed by atoms with E-state index in [2.05, 4.69) is 21.2 Å². The van der Waals surface area contributed by atoms with Gasteiger partial charge in [0.25, 0.3) is 0 Å². The van der Waals surface area contributed by atoms with Crippen molar-refractivity contribution in [2.45, 2.75) is 18.9 Å². The van der Waals surface area contributed by atoms with Crippen LogP contribution in [0, 0.1) is 0 Å². The molecule has 2 rings (SSSR count). The standard InChI is InChI=1S/C16H21BrN2O4/c1-18-9-15(20)19-7-3-4-12(19)10-23-14-8-11(17)5-6-13(14)16(21)22-2/h5-6,8,12,18H,3-4,7,9-10H2,1-2H3/t12-/m0/s1. The van der Waals surface area contributed by atoms with Crippen LogP contribution >= 0.6 is 15.9 Å². The van der Waals surface area contributed by atoms with Gasteiger partial charge in [-0.25, -0.2) is 4.79 Å². The molecule has 0 bridgehead atoms. The fraction of sp³-hybridized carbons (Fsp3) is 0.500. The Hall–Kier alpha value is -1.60. The quantitative estimate of drug-likeness (QED) is 0.757. The average molecular weight is 385 g/mol. The van der Waals surface area contributed by atoms with Crippen LogP contribution < -0.4 is 10.1 Å². The fourth-order valence-corrected chi connectivity index (χ4v) is 3.01. The van der Waals surface area contributed by atoms with Crippen molar-refractivity contribution in [1.82, 2.24) is 10.2 Å². The topological polar surface area (TPSA) is 67.9 Å². The molecule has 1 aromatic rings. The molecule has 1 aromatic carbocycles. The van der Waals surface area contributed by atoms with Crippen LogP contribution in [-0.4, -0.2) is 56.7 Å². The van der Waals surface area contributed by atoms with Gasteiger partial charge in [-0.2, -0.15) is 0 Å². The van der Waals surface area contributed by atoms with Gasteiger partial charge in [-0.3, -0.25) is 4.79 Å². The highest BCUT2D eigenvalue weighted by atomic mass is 79.9. The molecule has 0 saturated carbocycles. The van der Waals surface area contributed by atoms with Gasteiger partial charge in [0, 0.05) is 11.0 Å². The lowest BCUT2D eigenvalue weighted by Gasteiger charge is -2.25. The minimum Gasteiger partial charge on any atom is -0.490 e. The molecule has 1 atom stereocenters. The molecule has 1 amide bonds. The van der Waals surface area contributed by atoms with Crippen LogP contribution in [0.3, 0.4) is 0 Å². The Balaban J connectivity index is 2.06. The maximum Gasteiger partial charge on any atom is 0.341 e. The normalized spacial score (nSPS) is 17.2. The van der Waals surface area contributed by atoms with E-state index >= 15 is 0 Å². The van der Waals surface area contributed by atoms with Gasteiger partial charge >= 0.3 is 5.97 Å². The lowest BCUT2D eigenvalue weighted by atomic mass is 10.2. The lowest BCUT2D eigenvalue weighted by molar-refractivity contribution is -0.131. The zero-order valence-electron chi connectivity index (χ0n) is 13.3. The van der Waals surface area contributed by atoms with Crippen LogP contribution in [-0.2, 0) is 9.53 Å². The number of carbonyl (C=O) groups excluding carboxylic acids is 2. The summed E-state index contributed by atoms with van der Waals surface area (Å²) >= 11 is 3.37. The van der Waals surface area contributed by atoms with Crippen molar-refractivity contribution >= 4 is 27.8 Å². The van der Waals surface area contributed by atoms with Crippen molar-refractivity contribution in [2.75, 3.05) is 33.9 Å². The molecule has 0 spiro atoms. The van der Waals surface area contributed by atoms with Crippen LogP contribution in [0.25, 0.3) is 0 Å². The van der Waals surface area contributed by atoms with Crippen LogP contribution in [0.2, 0.25) is 0 Å². The summed E-state index contributed by atoms with van der Waals surface area (Å²) in [7, 11) is 3.09. The number of benzene rings is 1. The van der Waals surface area contributed by atoms with E-state index < -0.39 is 5.97 Å². The first-order valence-corrected chi connectivity index (χ1v) is 8.31. The summed E-state index contributed by atoms with van der Waals surface area (Å²) in [6.07, 6.45) is 1.86. The molecule has 1 fully saturated rings. The Morgan fingerprint density at radius 2 is 2.22 bits per heavy atom. The molecule has 7 heteroatoms. The van der Waals surface area contributed by atoms with E-state index in [1.165, 1.54) is 7.11 Å². The number of halogens is 1. The number of methoxy groups -OCH3 is 1. The number of likely N-dealkylation sites (N-methyl/N-ethyl adjacent to an activating group) is 1. The number of amides is 1. The van der Waals surface area contributed by atoms with E-state index in [9.17, 15) is 9.59 Å². The largest absolute Gasteiger partial charge is 0.490 e. The van der Waals surface area contributed by atoms with Crippen molar-refractivity contribution in [3.63, 3.8) is 0 Å². The molecule has 0 aromatic heterocycles. The average Bonchev–Trinajstić information content (AvgIpc) is 3.01. The smallest absolute Gasteiger partial charge is 0.341 e. The van der Waals surface area contributed by atoms with Crippen LogP contribution in [0.4, 0.5) is 0 Å². The Morgan fingerprint density at radius 1 is 1.43 bits per heavy atom. The van der Waals surface area contributed by atoms with E-state index in [4.69, 9.17) is 9.47 Å². The lowest BCUT2D eigenvalue weighted by Crippen LogP contribution is -2.42. The molecular formula is C16H21BrN2O4. The number of esters is 1. The number of likely N-dealkylation sites (tertiary alicyclic amines) is 1. The van der Waals surface area contributed by atoms with Gasteiger partial charge in [-0.1, -0.05) is 15.9 Å². The summed E-state index contributed by atoms with van der Waals surface area (Å²) in [6, 6.07) is 5.18. The minimum absolute atomic E-state index is 0.0281. The second-order valence-electron chi connectivity index (χ2n) is 5.36. The number of rotatable bonds is 6. The van der Waals surface area contributed by atoms with Crippen molar-refractivity contribution in [3.8, 4) is 5.75 Å². The van der Waals surface area contributed by atoms with Crippen LogP contribution in [0.5, 0.6) is 5.75 Å². The SMILES string of the molecule is CNCC(=O)N1CCC[C@H]1COc1cc(Br)ccc1C(=O)OC. The van der Waals surface area contributed by atoms with E-state index in [1.54, 1.807) is 25.2 Å². The first-order valence-electron chi connectivity index (χ1n) is 7.51. The van der Waals surface area contributed by atoms with Crippen LogP contribution in [0.1, 0.15) is 23.2 Å². The van der Waals surface area contributed by atoms with Gasteiger partial charge in [-0.15, -0.1) is 0 Å². The van der Waals surface area contributed by atoms with Crippen molar-refractivity contribution in [2.24, 2.45) is 0 Å². The number of carbonyl (C=O) groups is 2. The molecule has 23 heavy (non-hydrogen) atoms. The Bertz CT molecular complexity index is 579. The number of hydrogen-bond acceptors (Lipinski definition) is 5. The Kier molecular flexibility index (Phi) is 6.41. The molecule has 1 aliphatic heterocycles. The fourth-order valence-electron chi connectivity index (χ4n) is 2.67. The highest BCUT2D eigenvalue weighted by Gasteiger charge is 2.29. The van der Waals surface area contributed by atoms with Crippen molar-refractivity contribution < 1.29 is 19.1 Å². The Morgan fingerprint density at radius 3 is 2.91 bits per heavy atom. The summed E-state index contributed by atoms with van der Waals surface area (Å²) in [4.78, 5) is 25.7. The number of hydrogen-bond donors (Lipinski definition) is 1. The molecule has 0 unspecified atom stereocenters. The zero-order valence-corrected chi connectivity index (χ0v) is 14.9. The molecule has 0 radical (unpaired) electrons. The summed E-state index contributed by atoms with van der Waals surface area (Å²) in [5.74, 6) is 0.0854. The van der Waals surface area contributed by atoms with Gasteiger partial charge in [0.05, 0.1) is 19.7 Å². The zero-order chi connectivity index (χ0) is 16.8. The second kappa shape index (κ2) is 8.31. The molecule has 0 aliphatic carbocycles. The highest BCUT2D eigenvalue weighted by molar-refractivity contribution is 9.10. The first kappa shape index (κ1) is 17.7. The third-order valence-corrected chi connectivity index (χ3v) is 4.30.